The molecule has 110 valence electrons. The Labute approximate surface area is 127 Å². The molecule has 3 aromatic rings. The molecule has 1 atom stereocenters. The van der Waals surface area contributed by atoms with E-state index in [0.29, 0.717) is 12.4 Å². The van der Waals surface area contributed by atoms with Gasteiger partial charge in [-0.1, -0.05) is 30.3 Å². The normalized spacial score (nSPS) is 16.6. The number of fused-ring (bicyclic) bond motifs is 1. The zero-order valence-corrected chi connectivity index (χ0v) is 11.9. The Balaban J connectivity index is 1.73. The van der Waals surface area contributed by atoms with E-state index >= 15 is 0 Å². The average Bonchev–Trinajstić information content (AvgIpc) is 3.18. The average molecular weight is 293 g/mol. The smallest absolute Gasteiger partial charge is 0.221 e. The molecule has 0 fully saturated rings. The van der Waals surface area contributed by atoms with Gasteiger partial charge < -0.3 is 14.9 Å². The van der Waals surface area contributed by atoms with Gasteiger partial charge in [0.2, 0.25) is 5.95 Å². The molecule has 0 unspecified atom stereocenters. The van der Waals surface area contributed by atoms with Crippen LogP contribution in [0.15, 0.2) is 53.1 Å². The van der Waals surface area contributed by atoms with Crippen molar-refractivity contribution in [1.82, 2.24) is 9.97 Å². The number of furan rings is 1. The highest BCUT2D eigenvalue weighted by Crippen LogP contribution is 2.37. The van der Waals surface area contributed by atoms with Gasteiger partial charge in [-0.2, -0.15) is 0 Å². The fourth-order valence-corrected chi connectivity index (χ4v) is 2.79. The van der Waals surface area contributed by atoms with Gasteiger partial charge in [0.25, 0.3) is 0 Å². The fourth-order valence-electron chi connectivity index (χ4n) is 2.79. The van der Waals surface area contributed by atoms with E-state index in [4.69, 9.17) is 14.9 Å². The molecule has 0 saturated carbocycles. The van der Waals surface area contributed by atoms with E-state index in [0.717, 1.165) is 23.4 Å². The fraction of sp³-hybridized carbons (Fsp3) is 0.176. The first-order valence-corrected chi connectivity index (χ1v) is 7.17. The van der Waals surface area contributed by atoms with Gasteiger partial charge in [0, 0.05) is 12.0 Å². The lowest BCUT2D eigenvalue weighted by atomic mass is 10.0. The first-order chi connectivity index (χ1) is 10.8. The molecule has 5 nitrogen and oxygen atoms in total. The molecule has 0 amide bonds. The number of hydrogen-bond donors (Lipinski definition) is 1. The van der Waals surface area contributed by atoms with E-state index in [1.165, 1.54) is 5.56 Å². The minimum atomic E-state index is -0.101. The number of anilines is 1. The molecule has 3 heterocycles. The number of ether oxygens (including phenoxy) is 1. The monoisotopic (exact) mass is 293 g/mol. The standard InChI is InChI=1S/C17H15N3O2/c18-17-19-15(13-7-4-8-21-13)12-10-22-14(16(12)20-17)9-11-5-2-1-3-6-11/h1-8,14H,9-10H2,(H2,18,19,20)/t14-/m1/s1. The molecule has 0 saturated heterocycles. The maximum atomic E-state index is 5.92. The van der Waals surface area contributed by atoms with Crippen LogP contribution < -0.4 is 5.73 Å². The number of aromatic nitrogens is 2. The molecule has 0 bridgehead atoms. The second-order valence-electron chi connectivity index (χ2n) is 5.26. The first-order valence-electron chi connectivity index (χ1n) is 7.17. The van der Waals surface area contributed by atoms with Crippen molar-refractivity contribution in [1.29, 1.82) is 0 Å². The highest BCUT2D eigenvalue weighted by molar-refractivity contribution is 5.60. The number of nitrogens with two attached hydrogens (primary N) is 1. The van der Waals surface area contributed by atoms with Crippen LogP contribution in [0, 0.1) is 0 Å². The molecule has 0 aliphatic carbocycles. The first kappa shape index (κ1) is 13.0. The number of nitrogens with zero attached hydrogens (tertiary/aromatic N) is 2. The summed E-state index contributed by atoms with van der Waals surface area (Å²) in [5.41, 5.74) is 9.63. The lowest BCUT2D eigenvalue weighted by Crippen LogP contribution is -2.07. The Morgan fingerprint density at radius 2 is 1.95 bits per heavy atom. The summed E-state index contributed by atoms with van der Waals surface area (Å²) < 4.78 is 11.4. The van der Waals surface area contributed by atoms with E-state index in [1.54, 1.807) is 6.26 Å². The molecule has 22 heavy (non-hydrogen) atoms. The Morgan fingerprint density at radius 1 is 1.09 bits per heavy atom. The van der Waals surface area contributed by atoms with Crippen LogP contribution in [0.3, 0.4) is 0 Å². The summed E-state index contributed by atoms with van der Waals surface area (Å²) in [4.78, 5) is 8.72. The zero-order chi connectivity index (χ0) is 14.9. The van der Waals surface area contributed by atoms with Crippen molar-refractivity contribution in [2.45, 2.75) is 19.1 Å². The highest BCUT2D eigenvalue weighted by Gasteiger charge is 2.30. The lowest BCUT2D eigenvalue weighted by Gasteiger charge is -2.11. The van der Waals surface area contributed by atoms with Gasteiger partial charge in [-0.25, -0.2) is 9.97 Å². The Hall–Kier alpha value is -2.66. The van der Waals surface area contributed by atoms with Gasteiger partial charge in [0.1, 0.15) is 11.8 Å². The third-order valence-corrected chi connectivity index (χ3v) is 3.81. The predicted octanol–water partition coefficient (Wildman–Crippen LogP) is 3.13. The Kier molecular flexibility index (Phi) is 3.12. The number of hydrogen-bond acceptors (Lipinski definition) is 5. The van der Waals surface area contributed by atoms with Crippen LogP contribution in [0.1, 0.15) is 22.9 Å². The maximum Gasteiger partial charge on any atom is 0.221 e. The SMILES string of the molecule is Nc1nc(-c2ccco2)c2c(n1)[C@@H](Cc1ccccc1)OC2. The van der Waals surface area contributed by atoms with Crippen molar-refractivity contribution >= 4 is 5.95 Å². The molecule has 0 spiro atoms. The van der Waals surface area contributed by atoms with Crippen LogP contribution >= 0.6 is 0 Å². The van der Waals surface area contributed by atoms with E-state index in [2.05, 4.69) is 22.1 Å². The van der Waals surface area contributed by atoms with Gasteiger partial charge in [-0.3, -0.25) is 0 Å². The third kappa shape index (κ3) is 2.25. The van der Waals surface area contributed by atoms with Crippen molar-refractivity contribution in [3.8, 4) is 11.5 Å². The molecule has 1 aliphatic heterocycles. The topological polar surface area (TPSA) is 74.2 Å². The predicted molar refractivity (Wildman–Crippen MR) is 81.8 cm³/mol. The number of benzene rings is 1. The molecule has 5 heteroatoms. The summed E-state index contributed by atoms with van der Waals surface area (Å²) in [6.45, 7) is 0.475. The molecule has 1 aromatic carbocycles. The largest absolute Gasteiger partial charge is 0.463 e. The summed E-state index contributed by atoms with van der Waals surface area (Å²) in [6, 6.07) is 13.9. The van der Waals surface area contributed by atoms with Crippen molar-refractivity contribution < 1.29 is 9.15 Å². The summed E-state index contributed by atoms with van der Waals surface area (Å²) in [5, 5.41) is 0. The summed E-state index contributed by atoms with van der Waals surface area (Å²) >= 11 is 0. The van der Waals surface area contributed by atoms with Crippen LogP contribution in [0.2, 0.25) is 0 Å². The van der Waals surface area contributed by atoms with Crippen molar-refractivity contribution in [2.75, 3.05) is 5.73 Å². The van der Waals surface area contributed by atoms with Gasteiger partial charge >= 0.3 is 0 Å². The van der Waals surface area contributed by atoms with Crippen molar-refractivity contribution in [2.24, 2.45) is 0 Å². The lowest BCUT2D eigenvalue weighted by molar-refractivity contribution is 0.0649. The van der Waals surface area contributed by atoms with Crippen LogP contribution in [0.4, 0.5) is 5.95 Å². The van der Waals surface area contributed by atoms with Crippen LogP contribution in [-0.4, -0.2) is 9.97 Å². The van der Waals surface area contributed by atoms with Crippen LogP contribution in [0.25, 0.3) is 11.5 Å². The second kappa shape index (κ2) is 5.27. The second-order valence-corrected chi connectivity index (χ2v) is 5.26. The van der Waals surface area contributed by atoms with E-state index in [9.17, 15) is 0 Å². The van der Waals surface area contributed by atoms with Crippen LogP contribution in [-0.2, 0) is 17.8 Å². The molecular weight excluding hydrogens is 278 g/mol. The molecule has 2 N–H and O–H groups in total. The minimum Gasteiger partial charge on any atom is -0.463 e. The molecule has 2 aromatic heterocycles. The Morgan fingerprint density at radius 3 is 2.73 bits per heavy atom. The van der Waals surface area contributed by atoms with Gasteiger partial charge in [-0.05, 0) is 17.7 Å². The summed E-state index contributed by atoms with van der Waals surface area (Å²) in [7, 11) is 0. The summed E-state index contributed by atoms with van der Waals surface area (Å²) in [6.07, 6.45) is 2.29. The number of rotatable bonds is 3. The molecule has 4 rings (SSSR count). The zero-order valence-electron chi connectivity index (χ0n) is 11.9. The third-order valence-electron chi connectivity index (χ3n) is 3.81. The summed E-state index contributed by atoms with van der Waals surface area (Å²) in [5.74, 6) is 0.933. The molecule has 0 radical (unpaired) electrons. The van der Waals surface area contributed by atoms with Crippen molar-refractivity contribution in [3.63, 3.8) is 0 Å². The van der Waals surface area contributed by atoms with E-state index < -0.39 is 0 Å². The van der Waals surface area contributed by atoms with Crippen LogP contribution in [0.5, 0.6) is 0 Å². The minimum absolute atomic E-state index is 0.101. The highest BCUT2D eigenvalue weighted by atomic mass is 16.5. The maximum absolute atomic E-state index is 5.92. The number of nitrogen functional groups attached to an aromatic ring is 1. The van der Waals surface area contributed by atoms with Gasteiger partial charge in [-0.15, -0.1) is 0 Å². The van der Waals surface area contributed by atoms with Gasteiger partial charge in [0.15, 0.2) is 5.76 Å². The van der Waals surface area contributed by atoms with Crippen molar-refractivity contribution in [3.05, 3.63) is 65.5 Å². The molecular formula is C17H15N3O2. The van der Waals surface area contributed by atoms with Gasteiger partial charge in [0.05, 0.1) is 18.6 Å². The Bertz CT molecular complexity index is 785. The quantitative estimate of drug-likeness (QED) is 0.803. The van der Waals surface area contributed by atoms with E-state index in [1.807, 2.05) is 30.3 Å². The molecule has 1 aliphatic rings. The van der Waals surface area contributed by atoms with E-state index in [-0.39, 0.29) is 12.1 Å².